The summed E-state index contributed by atoms with van der Waals surface area (Å²) in [5, 5.41) is 7.44. The van der Waals surface area contributed by atoms with Crippen LogP contribution in [0.15, 0.2) is 47.1 Å². The van der Waals surface area contributed by atoms with Gasteiger partial charge in [-0.05, 0) is 25.1 Å². The van der Waals surface area contributed by atoms with E-state index in [1.165, 1.54) is 6.20 Å². The van der Waals surface area contributed by atoms with Crippen LogP contribution >= 0.6 is 23.2 Å². The lowest BCUT2D eigenvalue weighted by Gasteiger charge is -2.07. The Kier molecular flexibility index (Phi) is 4.32. The fraction of sp³-hybridized carbons (Fsp3) is 0.0625. The minimum atomic E-state index is -0.417. The number of hydrogen-bond donors (Lipinski definition) is 1. The number of halogens is 2. The number of hydrogen-bond acceptors (Lipinski definition) is 4. The lowest BCUT2D eigenvalue weighted by molar-refractivity contribution is 0.102. The Morgan fingerprint density at radius 2 is 1.87 bits per heavy atom. The van der Waals surface area contributed by atoms with Gasteiger partial charge in [0.1, 0.15) is 17.0 Å². The summed E-state index contributed by atoms with van der Waals surface area (Å²) in [6, 6.07) is 10.4. The SMILES string of the molecule is Cc1onc(-c2ccccc2Cl)c1C(=O)Nc1ncccc1Cl. The first-order chi connectivity index (χ1) is 11.1. The number of aryl methyl sites for hydroxylation is 1. The lowest BCUT2D eigenvalue weighted by atomic mass is 10.1. The number of nitrogens with zero attached hydrogens (tertiary/aromatic N) is 2. The molecular formula is C16H11Cl2N3O2. The van der Waals surface area contributed by atoms with Gasteiger partial charge < -0.3 is 9.84 Å². The molecule has 0 saturated carbocycles. The number of aromatic nitrogens is 2. The maximum Gasteiger partial charge on any atom is 0.262 e. The number of nitrogens with one attached hydrogen (secondary N) is 1. The second kappa shape index (κ2) is 6.40. The molecule has 3 rings (SSSR count). The highest BCUT2D eigenvalue weighted by Crippen LogP contribution is 2.31. The largest absolute Gasteiger partial charge is 0.360 e. The number of amides is 1. The molecule has 3 aromatic rings. The summed E-state index contributed by atoms with van der Waals surface area (Å²) in [6.45, 7) is 1.66. The Morgan fingerprint density at radius 3 is 2.61 bits per heavy atom. The zero-order valence-electron chi connectivity index (χ0n) is 12.0. The van der Waals surface area contributed by atoms with Crippen molar-refractivity contribution in [1.29, 1.82) is 0 Å². The Balaban J connectivity index is 2.01. The van der Waals surface area contributed by atoms with E-state index in [1.54, 1.807) is 37.3 Å². The third-order valence-electron chi connectivity index (χ3n) is 3.21. The summed E-state index contributed by atoms with van der Waals surface area (Å²) >= 11 is 12.2. The van der Waals surface area contributed by atoms with Crippen LogP contribution in [0.25, 0.3) is 11.3 Å². The summed E-state index contributed by atoms with van der Waals surface area (Å²) in [6.07, 6.45) is 1.54. The third kappa shape index (κ3) is 3.06. The smallest absolute Gasteiger partial charge is 0.262 e. The summed E-state index contributed by atoms with van der Waals surface area (Å²) in [7, 11) is 0. The van der Waals surface area contributed by atoms with Crippen LogP contribution in [0.3, 0.4) is 0 Å². The van der Waals surface area contributed by atoms with E-state index in [4.69, 9.17) is 27.7 Å². The van der Waals surface area contributed by atoms with Crippen LogP contribution in [0.4, 0.5) is 5.82 Å². The molecule has 0 aliphatic rings. The first-order valence-corrected chi connectivity index (χ1v) is 7.46. The van der Waals surface area contributed by atoms with Gasteiger partial charge in [-0.3, -0.25) is 4.79 Å². The predicted octanol–water partition coefficient (Wildman–Crippen LogP) is 4.60. The highest BCUT2D eigenvalue weighted by molar-refractivity contribution is 6.34. The van der Waals surface area contributed by atoms with Gasteiger partial charge in [-0.15, -0.1) is 0 Å². The van der Waals surface area contributed by atoms with Crippen molar-refractivity contribution in [2.45, 2.75) is 6.92 Å². The van der Waals surface area contributed by atoms with E-state index in [2.05, 4.69) is 15.5 Å². The molecule has 1 aromatic carbocycles. The van der Waals surface area contributed by atoms with E-state index in [1.807, 2.05) is 6.07 Å². The van der Waals surface area contributed by atoms with Crippen LogP contribution < -0.4 is 5.32 Å². The minimum Gasteiger partial charge on any atom is -0.360 e. The maximum absolute atomic E-state index is 12.6. The zero-order valence-corrected chi connectivity index (χ0v) is 13.5. The summed E-state index contributed by atoms with van der Waals surface area (Å²) in [5.41, 5.74) is 1.28. The van der Waals surface area contributed by atoms with Crippen LogP contribution in [0.1, 0.15) is 16.1 Å². The molecule has 1 N–H and O–H groups in total. The topological polar surface area (TPSA) is 68.0 Å². The molecule has 0 saturated heterocycles. The molecule has 0 atom stereocenters. The molecule has 7 heteroatoms. The molecule has 0 aliphatic heterocycles. The van der Waals surface area contributed by atoms with Crippen molar-refractivity contribution in [3.63, 3.8) is 0 Å². The van der Waals surface area contributed by atoms with Crippen LogP contribution in [-0.2, 0) is 0 Å². The summed E-state index contributed by atoms with van der Waals surface area (Å²) in [4.78, 5) is 16.6. The summed E-state index contributed by atoms with van der Waals surface area (Å²) in [5.74, 6) is 0.230. The normalized spacial score (nSPS) is 10.6. The van der Waals surface area contributed by atoms with Crippen molar-refractivity contribution in [3.8, 4) is 11.3 Å². The van der Waals surface area contributed by atoms with Gasteiger partial charge in [-0.1, -0.05) is 46.6 Å². The number of benzene rings is 1. The molecule has 2 aromatic heterocycles. The lowest BCUT2D eigenvalue weighted by Crippen LogP contribution is -2.14. The highest BCUT2D eigenvalue weighted by atomic mass is 35.5. The van der Waals surface area contributed by atoms with Crippen molar-refractivity contribution in [3.05, 3.63) is 64.0 Å². The van der Waals surface area contributed by atoms with E-state index in [0.717, 1.165) is 0 Å². The van der Waals surface area contributed by atoms with Gasteiger partial charge in [0.2, 0.25) is 0 Å². The van der Waals surface area contributed by atoms with Crippen molar-refractivity contribution in [1.82, 2.24) is 10.1 Å². The fourth-order valence-corrected chi connectivity index (χ4v) is 2.52. The van der Waals surface area contributed by atoms with Crippen molar-refractivity contribution in [2.24, 2.45) is 0 Å². The standard InChI is InChI=1S/C16H11Cl2N3O2/c1-9-13(16(22)20-15-12(18)7-4-8-19-15)14(21-23-9)10-5-2-3-6-11(10)17/h2-8H,1H3,(H,19,20,22). The van der Waals surface area contributed by atoms with Crippen molar-refractivity contribution in [2.75, 3.05) is 5.32 Å². The van der Waals surface area contributed by atoms with Crippen molar-refractivity contribution < 1.29 is 9.32 Å². The monoisotopic (exact) mass is 347 g/mol. The van der Waals surface area contributed by atoms with Gasteiger partial charge in [0.25, 0.3) is 5.91 Å². The van der Waals surface area contributed by atoms with Gasteiger partial charge in [-0.25, -0.2) is 4.98 Å². The number of pyridine rings is 1. The maximum atomic E-state index is 12.6. The first kappa shape index (κ1) is 15.5. The molecule has 0 spiro atoms. The van der Waals surface area contributed by atoms with Crippen LogP contribution in [-0.4, -0.2) is 16.0 Å². The molecule has 0 bridgehead atoms. The number of anilines is 1. The predicted molar refractivity (Wildman–Crippen MR) is 88.9 cm³/mol. The van der Waals surface area contributed by atoms with E-state index in [9.17, 15) is 4.79 Å². The molecule has 0 radical (unpaired) electrons. The number of rotatable bonds is 3. The second-order valence-corrected chi connectivity index (χ2v) is 5.54. The number of carbonyl (C=O) groups excluding carboxylic acids is 1. The van der Waals surface area contributed by atoms with Gasteiger partial charge in [-0.2, -0.15) is 0 Å². The quantitative estimate of drug-likeness (QED) is 0.751. The van der Waals surface area contributed by atoms with E-state index >= 15 is 0 Å². The second-order valence-electron chi connectivity index (χ2n) is 4.73. The number of carbonyl (C=O) groups is 1. The Morgan fingerprint density at radius 1 is 1.13 bits per heavy atom. The Bertz CT molecular complexity index is 877. The van der Waals surface area contributed by atoms with E-state index in [0.29, 0.717) is 32.6 Å². The van der Waals surface area contributed by atoms with Crippen LogP contribution in [0, 0.1) is 6.92 Å². The van der Waals surface area contributed by atoms with Gasteiger partial charge >= 0.3 is 0 Å². The minimum absolute atomic E-state index is 0.268. The average molecular weight is 348 g/mol. The fourth-order valence-electron chi connectivity index (χ4n) is 2.12. The van der Waals surface area contributed by atoms with Gasteiger partial charge in [0, 0.05) is 11.8 Å². The molecule has 5 nitrogen and oxygen atoms in total. The Labute approximate surface area is 142 Å². The van der Waals surface area contributed by atoms with Crippen LogP contribution in [0.2, 0.25) is 10.0 Å². The molecule has 116 valence electrons. The van der Waals surface area contributed by atoms with Crippen LogP contribution in [0.5, 0.6) is 0 Å². The van der Waals surface area contributed by atoms with E-state index in [-0.39, 0.29) is 5.82 Å². The average Bonchev–Trinajstić information content (AvgIpc) is 2.91. The third-order valence-corrected chi connectivity index (χ3v) is 3.84. The zero-order chi connectivity index (χ0) is 16.4. The molecule has 23 heavy (non-hydrogen) atoms. The van der Waals surface area contributed by atoms with Crippen molar-refractivity contribution >= 4 is 34.9 Å². The molecule has 0 aliphatic carbocycles. The highest BCUT2D eigenvalue weighted by Gasteiger charge is 2.23. The molecule has 0 unspecified atom stereocenters. The van der Waals surface area contributed by atoms with Gasteiger partial charge in [0.05, 0.1) is 10.0 Å². The van der Waals surface area contributed by atoms with Gasteiger partial charge in [0.15, 0.2) is 5.82 Å². The first-order valence-electron chi connectivity index (χ1n) is 6.71. The molecular weight excluding hydrogens is 337 g/mol. The molecule has 2 heterocycles. The van der Waals surface area contributed by atoms with E-state index < -0.39 is 5.91 Å². The molecule has 1 amide bonds. The molecule has 0 fully saturated rings. The Hall–Kier alpha value is -2.37. The summed E-state index contributed by atoms with van der Waals surface area (Å²) < 4.78 is 5.17.